The van der Waals surface area contributed by atoms with Crippen molar-refractivity contribution < 1.29 is 9.18 Å². The van der Waals surface area contributed by atoms with Crippen LogP contribution in [0, 0.1) is 23.6 Å². The van der Waals surface area contributed by atoms with Gasteiger partial charge in [0, 0.05) is 31.1 Å². The largest absolute Gasteiger partial charge is 0.342 e. The Hall–Kier alpha value is -1.42. The van der Waals surface area contributed by atoms with E-state index in [0.717, 1.165) is 68.5 Å². The van der Waals surface area contributed by atoms with E-state index in [9.17, 15) is 9.18 Å². The van der Waals surface area contributed by atoms with Gasteiger partial charge in [0.05, 0.1) is 0 Å². The van der Waals surface area contributed by atoms with Crippen molar-refractivity contribution in [2.24, 2.45) is 17.8 Å². The average molecular weight is 385 g/mol. The molecule has 2 saturated carbocycles. The first kappa shape index (κ1) is 18.6. The SMILES string of the molecule is O=C([C@H]1C[C@@H](c2ccc(CN3CCCC3)c(F)c2)C1)N1CC2CCC(CC2)C1. The van der Waals surface area contributed by atoms with Gasteiger partial charge in [-0.2, -0.15) is 0 Å². The van der Waals surface area contributed by atoms with Crippen molar-refractivity contribution in [3.05, 3.63) is 35.1 Å². The van der Waals surface area contributed by atoms with Gasteiger partial charge in [-0.05, 0) is 93.8 Å². The zero-order valence-electron chi connectivity index (χ0n) is 16.9. The highest BCUT2D eigenvalue weighted by molar-refractivity contribution is 5.80. The van der Waals surface area contributed by atoms with Gasteiger partial charge in [-0.15, -0.1) is 0 Å². The molecule has 6 rings (SSSR count). The van der Waals surface area contributed by atoms with Crippen molar-refractivity contribution in [2.45, 2.75) is 63.8 Å². The van der Waals surface area contributed by atoms with E-state index < -0.39 is 0 Å². The second-order valence-electron chi connectivity index (χ2n) is 9.83. The molecule has 1 aromatic rings. The number of hydrogen-bond acceptors (Lipinski definition) is 2. The molecule has 0 aromatic heterocycles. The van der Waals surface area contributed by atoms with Gasteiger partial charge in [0.25, 0.3) is 0 Å². The summed E-state index contributed by atoms with van der Waals surface area (Å²) in [5.41, 5.74) is 1.90. The van der Waals surface area contributed by atoms with Crippen LogP contribution in [0.15, 0.2) is 18.2 Å². The van der Waals surface area contributed by atoms with Crippen LogP contribution in [0.25, 0.3) is 0 Å². The zero-order valence-corrected chi connectivity index (χ0v) is 16.9. The van der Waals surface area contributed by atoms with Gasteiger partial charge in [-0.1, -0.05) is 12.1 Å². The fraction of sp³-hybridized carbons (Fsp3) is 0.708. The van der Waals surface area contributed by atoms with Crippen molar-refractivity contribution in [1.82, 2.24) is 9.80 Å². The second kappa shape index (κ2) is 7.78. The molecule has 2 bridgehead atoms. The van der Waals surface area contributed by atoms with Crippen LogP contribution in [0.3, 0.4) is 0 Å². The molecule has 2 aliphatic carbocycles. The van der Waals surface area contributed by atoms with E-state index in [1.54, 1.807) is 6.07 Å². The number of carbonyl (C=O) groups is 1. The van der Waals surface area contributed by atoms with Crippen LogP contribution in [0.4, 0.5) is 4.39 Å². The molecular formula is C24H33FN2O. The lowest BCUT2D eigenvalue weighted by Gasteiger charge is -2.38. The molecule has 0 unspecified atom stereocenters. The number of amides is 1. The van der Waals surface area contributed by atoms with E-state index in [1.165, 1.54) is 38.5 Å². The number of halogens is 1. The molecule has 3 heterocycles. The molecule has 3 nitrogen and oxygen atoms in total. The van der Waals surface area contributed by atoms with Gasteiger partial charge in [0.15, 0.2) is 0 Å². The number of rotatable bonds is 4. The Bertz CT molecular complexity index is 701. The number of carbonyl (C=O) groups excluding carboxylic acids is 1. The zero-order chi connectivity index (χ0) is 19.1. The molecule has 0 atom stereocenters. The summed E-state index contributed by atoms with van der Waals surface area (Å²) in [6.07, 6.45) is 9.50. The Morgan fingerprint density at radius 1 is 1.00 bits per heavy atom. The van der Waals surface area contributed by atoms with Crippen molar-refractivity contribution in [2.75, 3.05) is 26.2 Å². The van der Waals surface area contributed by atoms with E-state index in [2.05, 4.69) is 15.9 Å². The molecule has 28 heavy (non-hydrogen) atoms. The lowest BCUT2D eigenvalue weighted by molar-refractivity contribution is -0.139. The third-order valence-corrected chi connectivity index (χ3v) is 7.86. The summed E-state index contributed by atoms with van der Waals surface area (Å²) in [6.45, 7) is 4.87. The minimum absolute atomic E-state index is 0.0664. The van der Waals surface area contributed by atoms with Gasteiger partial charge in [-0.3, -0.25) is 9.69 Å². The quantitative estimate of drug-likeness (QED) is 0.760. The van der Waals surface area contributed by atoms with Crippen LogP contribution in [-0.4, -0.2) is 41.9 Å². The molecule has 3 saturated heterocycles. The predicted molar refractivity (Wildman–Crippen MR) is 108 cm³/mol. The van der Waals surface area contributed by atoms with Gasteiger partial charge < -0.3 is 4.90 Å². The first-order chi connectivity index (χ1) is 13.7. The average Bonchev–Trinajstić information content (AvgIpc) is 2.98. The number of benzene rings is 1. The Morgan fingerprint density at radius 3 is 2.25 bits per heavy atom. The maximum absolute atomic E-state index is 14.6. The molecule has 1 amide bonds. The fourth-order valence-corrected chi connectivity index (χ4v) is 5.95. The van der Waals surface area contributed by atoms with E-state index in [1.807, 2.05) is 6.07 Å². The molecule has 5 fully saturated rings. The summed E-state index contributed by atoms with van der Waals surface area (Å²) < 4.78 is 14.6. The van der Waals surface area contributed by atoms with Crippen LogP contribution >= 0.6 is 0 Å². The van der Waals surface area contributed by atoms with Crippen LogP contribution in [0.5, 0.6) is 0 Å². The van der Waals surface area contributed by atoms with Gasteiger partial charge >= 0.3 is 0 Å². The standard InChI is InChI=1S/C24H33FN2O/c25-23-13-19(7-8-20(23)16-26-9-1-2-10-26)21-11-22(12-21)24(28)27-14-17-3-4-18(15-27)6-5-17/h7-8,13,17-18,21-22H,1-6,9-12,14-16H2/t17?,18?,21-,22+. The normalized spacial score (nSPS) is 33.0. The summed E-state index contributed by atoms with van der Waals surface area (Å²) in [4.78, 5) is 17.5. The minimum Gasteiger partial charge on any atom is -0.342 e. The number of nitrogens with zero attached hydrogens (tertiary/aromatic N) is 2. The number of likely N-dealkylation sites (tertiary alicyclic amines) is 1. The molecule has 3 aliphatic heterocycles. The van der Waals surface area contributed by atoms with Crippen molar-refractivity contribution in [1.29, 1.82) is 0 Å². The van der Waals surface area contributed by atoms with Crippen molar-refractivity contribution >= 4 is 5.91 Å². The van der Waals surface area contributed by atoms with Crippen LogP contribution < -0.4 is 0 Å². The topological polar surface area (TPSA) is 23.6 Å². The van der Waals surface area contributed by atoms with Gasteiger partial charge in [-0.25, -0.2) is 4.39 Å². The van der Waals surface area contributed by atoms with Crippen LogP contribution in [0.2, 0.25) is 0 Å². The minimum atomic E-state index is -0.0664. The fourth-order valence-electron chi connectivity index (χ4n) is 5.95. The molecule has 5 aliphatic rings. The lowest BCUT2D eigenvalue weighted by Crippen LogP contribution is -2.43. The van der Waals surface area contributed by atoms with Gasteiger partial charge in [0.2, 0.25) is 5.91 Å². The molecule has 0 N–H and O–H groups in total. The van der Waals surface area contributed by atoms with Crippen molar-refractivity contribution in [3.63, 3.8) is 0 Å². The summed E-state index contributed by atoms with van der Waals surface area (Å²) in [5, 5.41) is 0. The highest BCUT2D eigenvalue weighted by Crippen LogP contribution is 2.44. The predicted octanol–water partition coefficient (Wildman–Crippen LogP) is 4.56. The Balaban J connectivity index is 1.17. The van der Waals surface area contributed by atoms with E-state index in [4.69, 9.17) is 0 Å². The maximum atomic E-state index is 14.6. The molecule has 152 valence electrons. The Morgan fingerprint density at radius 2 is 1.64 bits per heavy atom. The smallest absolute Gasteiger partial charge is 0.225 e. The molecule has 4 heteroatoms. The first-order valence-electron chi connectivity index (χ1n) is 11.4. The highest BCUT2D eigenvalue weighted by atomic mass is 19.1. The van der Waals surface area contributed by atoms with E-state index >= 15 is 0 Å². The third kappa shape index (κ3) is 3.72. The third-order valence-electron chi connectivity index (χ3n) is 7.86. The molecule has 0 spiro atoms. The molecule has 1 aromatic carbocycles. The summed E-state index contributed by atoms with van der Waals surface area (Å²) in [7, 11) is 0. The van der Waals surface area contributed by atoms with Gasteiger partial charge in [0.1, 0.15) is 5.82 Å². The second-order valence-corrected chi connectivity index (χ2v) is 9.83. The van der Waals surface area contributed by atoms with Crippen molar-refractivity contribution in [3.8, 4) is 0 Å². The molecule has 0 radical (unpaired) electrons. The summed E-state index contributed by atoms with van der Waals surface area (Å²) >= 11 is 0. The highest BCUT2D eigenvalue weighted by Gasteiger charge is 2.40. The maximum Gasteiger partial charge on any atom is 0.225 e. The Kier molecular flexibility index (Phi) is 5.17. The summed E-state index contributed by atoms with van der Waals surface area (Å²) in [5.74, 6) is 2.29. The number of fused-ring (bicyclic) bond motifs is 4. The Labute approximate surface area is 168 Å². The first-order valence-corrected chi connectivity index (χ1v) is 11.4. The summed E-state index contributed by atoms with van der Waals surface area (Å²) in [6, 6.07) is 5.82. The monoisotopic (exact) mass is 384 g/mol. The number of hydrogen-bond donors (Lipinski definition) is 0. The van der Waals surface area contributed by atoms with E-state index in [-0.39, 0.29) is 11.7 Å². The van der Waals surface area contributed by atoms with E-state index in [0.29, 0.717) is 11.8 Å². The van der Waals surface area contributed by atoms with Crippen LogP contribution in [0.1, 0.15) is 68.4 Å². The van der Waals surface area contributed by atoms with Crippen LogP contribution in [-0.2, 0) is 11.3 Å². The molecular weight excluding hydrogens is 351 g/mol. The lowest BCUT2D eigenvalue weighted by atomic mass is 9.70.